The number of para-hydroxylation sites is 1. The van der Waals surface area contributed by atoms with E-state index in [1.165, 1.54) is 13.2 Å². The number of rotatable bonds is 5. The molecule has 0 fully saturated rings. The average molecular weight is 234 g/mol. The molecule has 1 atom stereocenters. The van der Waals surface area contributed by atoms with Gasteiger partial charge in [-0.15, -0.1) is 0 Å². The van der Waals surface area contributed by atoms with Gasteiger partial charge in [0.2, 0.25) is 0 Å². The first-order valence-electron chi connectivity index (χ1n) is 5.69. The first kappa shape index (κ1) is 13.3. The van der Waals surface area contributed by atoms with Crippen LogP contribution in [0.5, 0.6) is 5.75 Å². The van der Waals surface area contributed by atoms with E-state index in [4.69, 9.17) is 4.74 Å². The minimum absolute atomic E-state index is 0.155. The Balaban J connectivity index is 2.84. The normalized spacial score (nSPS) is 12.4. The third kappa shape index (κ3) is 4.31. The minimum Gasteiger partial charge on any atom is -0.490 e. The highest BCUT2D eigenvalue weighted by molar-refractivity contribution is 5.87. The second kappa shape index (κ2) is 6.74. The van der Waals surface area contributed by atoms with Crippen LogP contribution in [0.3, 0.4) is 0 Å². The maximum Gasteiger partial charge on any atom is 0.330 e. The molecule has 1 unspecified atom stereocenters. The molecule has 0 amide bonds. The van der Waals surface area contributed by atoms with Crippen molar-refractivity contribution in [3.05, 3.63) is 35.9 Å². The fraction of sp³-hybridized carbons (Fsp3) is 0.357. The van der Waals surface area contributed by atoms with Crippen molar-refractivity contribution in [1.82, 2.24) is 0 Å². The molecular weight excluding hydrogens is 216 g/mol. The smallest absolute Gasteiger partial charge is 0.330 e. The number of esters is 1. The number of carbonyl (C=O) groups is 1. The van der Waals surface area contributed by atoms with Gasteiger partial charge in [0.05, 0.1) is 13.2 Å². The van der Waals surface area contributed by atoms with Crippen LogP contribution in [0.4, 0.5) is 0 Å². The van der Waals surface area contributed by atoms with E-state index in [0.717, 1.165) is 17.7 Å². The van der Waals surface area contributed by atoms with Crippen molar-refractivity contribution in [2.24, 2.45) is 0 Å². The van der Waals surface area contributed by atoms with Crippen LogP contribution >= 0.6 is 0 Å². The molecule has 0 spiro atoms. The quantitative estimate of drug-likeness (QED) is 0.580. The van der Waals surface area contributed by atoms with E-state index >= 15 is 0 Å². The van der Waals surface area contributed by atoms with Crippen LogP contribution in [0.1, 0.15) is 25.8 Å². The summed E-state index contributed by atoms with van der Waals surface area (Å²) in [6.07, 6.45) is 4.18. The van der Waals surface area contributed by atoms with Crippen LogP contribution in [-0.2, 0) is 9.53 Å². The molecule has 3 heteroatoms. The van der Waals surface area contributed by atoms with E-state index < -0.39 is 0 Å². The van der Waals surface area contributed by atoms with Crippen LogP contribution < -0.4 is 4.74 Å². The molecule has 0 aliphatic heterocycles. The van der Waals surface area contributed by atoms with Crippen molar-refractivity contribution < 1.29 is 14.3 Å². The third-order valence-electron chi connectivity index (χ3n) is 2.42. The predicted molar refractivity (Wildman–Crippen MR) is 67.9 cm³/mol. The molecule has 0 heterocycles. The van der Waals surface area contributed by atoms with Crippen molar-refractivity contribution in [3.63, 3.8) is 0 Å². The predicted octanol–water partition coefficient (Wildman–Crippen LogP) is 3.05. The molecule has 0 saturated heterocycles. The van der Waals surface area contributed by atoms with Crippen molar-refractivity contribution >= 4 is 12.0 Å². The van der Waals surface area contributed by atoms with Gasteiger partial charge in [-0.05, 0) is 25.5 Å². The maximum atomic E-state index is 11.0. The van der Waals surface area contributed by atoms with E-state index in [9.17, 15) is 4.79 Å². The standard InChI is InChI=1S/C14H18O3/c1-4-11(2)17-13-8-6-5-7-12(13)9-10-14(15)16-3/h5-11H,4H2,1-3H3/b10-9+. The molecule has 92 valence electrons. The van der Waals surface area contributed by atoms with Crippen molar-refractivity contribution in [1.29, 1.82) is 0 Å². The van der Waals surface area contributed by atoms with Gasteiger partial charge in [-0.1, -0.05) is 25.1 Å². The number of methoxy groups -OCH3 is 1. The minimum atomic E-state index is -0.372. The van der Waals surface area contributed by atoms with Gasteiger partial charge in [-0.3, -0.25) is 0 Å². The molecule has 0 bridgehead atoms. The highest BCUT2D eigenvalue weighted by atomic mass is 16.5. The molecular formula is C14H18O3. The lowest BCUT2D eigenvalue weighted by atomic mass is 10.2. The van der Waals surface area contributed by atoms with Gasteiger partial charge >= 0.3 is 5.97 Å². The van der Waals surface area contributed by atoms with Crippen molar-refractivity contribution in [2.75, 3.05) is 7.11 Å². The SMILES string of the molecule is CCC(C)Oc1ccccc1/C=C/C(=O)OC. The molecule has 1 aromatic carbocycles. The second-order valence-electron chi connectivity index (χ2n) is 3.73. The van der Waals surface area contributed by atoms with E-state index in [-0.39, 0.29) is 12.1 Å². The fourth-order valence-corrected chi connectivity index (χ4v) is 1.25. The Morgan fingerprint density at radius 3 is 2.76 bits per heavy atom. The van der Waals surface area contributed by atoms with Crippen molar-refractivity contribution in [2.45, 2.75) is 26.4 Å². The van der Waals surface area contributed by atoms with E-state index in [2.05, 4.69) is 11.7 Å². The summed E-state index contributed by atoms with van der Waals surface area (Å²) in [5.74, 6) is 0.408. The van der Waals surface area contributed by atoms with Crippen LogP contribution in [0.25, 0.3) is 6.08 Å². The van der Waals surface area contributed by atoms with E-state index in [1.54, 1.807) is 6.08 Å². The van der Waals surface area contributed by atoms with Crippen LogP contribution in [0, 0.1) is 0 Å². The monoisotopic (exact) mass is 234 g/mol. The number of carbonyl (C=O) groups excluding carboxylic acids is 1. The lowest BCUT2D eigenvalue weighted by molar-refractivity contribution is -0.134. The van der Waals surface area contributed by atoms with Gasteiger partial charge in [0.15, 0.2) is 0 Å². The van der Waals surface area contributed by atoms with Gasteiger partial charge in [0, 0.05) is 11.6 Å². The molecule has 0 aliphatic carbocycles. The van der Waals surface area contributed by atoms with Gasteiger partial charge in [0.25, 0.3) is 0 Å². The number of hydrogen-bond donors (Lipinski definition) is 0. The molecule has 1 aromatic rings. The number of benzene rings is 1. The molecule has 0 N–H and O–H groups in total. The second-order valence-corrected chi connectivity index (χ2v) is 3.73. The van der Waals surface area contributed by atoms with Gasteiger partial charge in [0.1, 0.15) is 5.75 Å². The zero-order chi connectivity index (χ0) is 12.7. The van der Waals surface area contributed by atoms with Crippen LogP contribution in [-0.4, -0.2) is 19.2 Å². The zero-order valence-corrected chi connectivity index (χ0v) is 10.5. The summed E-state index contributed by atoms with van der Waals surface area (Å²) in [5, 5.41) is 0. The number of ether oxygens (including phenoxy) is 2. The highest BCUT2D eigenvalue weighted by Crippen LogP contribution is 2.21. The Kier molecular flexibility index (Phi) is 5.27. The number of hydrogen-bond acceptors (Lipinski definition) is 3. The summed E-state index contributed by atoms with van der Waals surface area (Å²) >= 11 is 0. The van der Waals surface area contributed by atoms with Gasteiger partial charge in [-0.25, -0.2) is 4.79 Å². The topological polar surface area (TPSA) is 35.5 Å². The Morgan fingerprint density at radius 1 is 1.41 bits per heavy atom. The molecule has 0 saturated carbocycles. The Labute approximate surface area is 102 Å². The summed E-state index contributed by atoms with van der Waals surface area (Å²) in [6, 6.07) is 7.61. The van der Waals surface area contributed by atoms with Crippen LogP contribution in [0.15, 0.2) is 30.3 Å². The molecule has 0 aliphatic rings. The van der Waals surface area contributed by atoms with E-state index in [0.29, 0.717) is 0 Å². The summed E-state index contributed by atoms with van der Waals surface area (Å²) in [4.78, 5) is 11.0. The van der Waals surface area contributed by atoms with Crippen molar-refractivity contribution in [3.8, 4) is 5.75 Å². The Morgan fingerprint density at radius 2 is 2.12 bits per heavy atom. The lowest BCUT2D eigenvalue weighted by Crippen LogP contribution is -2.10. The average Bonchev–Trinajstić information content (AvgIpc) is 2.37. The molecule has 0 radical (unpaired) electrons. The third-order valence-corrected chi connectivity index (χ3v) is 2.42. The Hall–Kier alpha value is -1.77. The molecule has 0 aromatic heterocycles. The van der Waals surface area contributed by atoms with Gasteiger partial charge < -0.3 is 9.47 Å². The fourth-order valence-electron chi connectivity index (χ4n) is 1.25. The highest BCUT2D eigenvalue weighted by Gasteiger charge is 2.04. The van der Waals surface area contributed by atoms with E-state index in [1.807, 2.05) is 31.2 Å². The Bertz CT molecular complexity index is 396. The molecule has 17 heavy (non-hydrogen) atoms. The van der Waals surface area contributed by atoms with Gasteiger partial charge in [-0.2, -0.15) is 0 Å². The zero-order valence-electron chi connectivity index (χ0n) is 10.5. The molecule has 3 nitrogen and oxygen atoms in total. The largest absolute Gasteiger partial charge is 0.490 e. The molecule has 1 rings (SSSR count). The summed E-state index contributed by atoms with van der Waals surface area (Å²) in [6.45, 7) is 4.08. The lowest BCUT2D eigenvalue weighted by Gasteiger charge is -2.14. The van der Waals surface area contributed by atoms with Crippen LogP contribution in [0.2, 0.25) is 0 Å². The first-order chi connectivity index (χ1) is 8.17. The summed E-state index contributed by atoms with van der Waals surface area (Å²) in [7, 11) is 1.36. The summed E-state index contributed by atoms with van der Waals surface area (Å²) < 4.78 is 10.3. The first-order valence-corrected chi connectivity index (χ1v) is 5.69. The summed E-state index contributed by atoms with van der Waals surface area (Å²) in [5.41, 5.74) is 0.873. The maximum absolute atomic E-state index is 11.0.